The van der Waals surface area contributed by atoms with Crippen LogP contribution in [-0.4, -0.2) is 20.7 Å². The molecule has 0 atom stereocenters. The molecule has 0 radical (unpaired) electrons. The topological polar surface area (TPSA) is 69.0 Å². The standard InChI is InChI=1S/C26H25FN4O2/c1-18-5-3-7-23(15-18)33-26-24(12-13-25(32)29-17-20-6-4-14-28-16-20)19(2)30-31(26)22-10-8-21(27)9-11-22/h3-11,14-16H,12-13,17H2,1-2H3,(H,29,32). The zero-order valence-electron chi connectivity index (χ0n) is 18.6. The molecule has 4 aromatic rings. The van der Waals surface area contributed by atoms with E-state index in [-0.39, 0.29) is 18.1 Å². The molecule has 0 unspecified atom stereocenters. The van der Waals surface area contributed by atoms with Crippen molar-refractivity contribution in [2.45, 2.75) is 33.2 Å². The Balaban J connectivity index is 1.56. The lowest BCUT2D eigenvalue weighted by Crippen LogP contribution is -2.23. The Morgan fingerprint density at radius 2 is 1.91 bits per heavy atom. The first-order valence-corrected chi connectivity index (χ1v) is 10.7. The number of nitrogens with one attached hydrogen (secondary N) is 1. The van der Waals surface area contributed by atoms with Gasteiger partial charge in [0.2, 0.25) is 11.8 Å². The van der Waals surface area contributed by atoms with Gasteiger partial charge in [0.25, 0.3) is 0 Å². The van der Waals surface area contributed by atoms with E-state index in [1.807, 2.05) is 50.2 Å². The number of aromatic nitrogens is 3. The molecular weight excluding hydrogens is 419 g/mol. The summed E-state index contributed by atoms with van der Waals surface area (Å²) in [5.74, 6) is 0.786. The average molecular weight is 445 g/mol. The van der Waals surface area contributed by atoms with Crippen molar-refractivity contribution < 1.29 is 13.9 Å². The van der Waals surface area contributed by atoms with E-state index in [1.54, 1.807) is 29.2 Å². The summed E-state index contributed by atoms with van der Waals surface area (Å²) in [5, 5.41) is 7.55. The molecule has 2 aromatic carbocycles. The maximum Gasteiger partial charge on any atom is 0.226 e. The summed E-state index contributed by atoms with van der Waals surface area (Å²) < 4.78 is 21.4. The third kappa shape index (κ3) is 5.63. The number of hydrogen-bond acceptors (Lipinski definition) is 4. The first-order valence-electron chi connectivity index (χ1n) is 10.7. The Labute approximate surface area is 192 Å². The molecule has 1 amide bonds. The lowest BCUT2D eigenvalue weighted by Gasteiger charge is -2.12. The fourth-order valence-corrected chi connectivity index (χ4v) is 3.51. The van der Waals surface area contributed by atoms with Crippen molar-refractivity contribution >= 4 is 5.91 Å². The molecule has 0 aliphatic heterocycles. The second-order valence-electron chi connectivity index (χ2n) is 7.81. The third-order valence-electron chi connectivity index (χ3n) is 5.23. The number of rotatable bonds is 8. The van der Waals surface area contributed by atoms with Gasteiger partial charge in [-0.15, -0.1) is 0 Å². The molecule has 7 heteroatoms. The molecule has 0 bridgehead atoms. The molecule has 0 aliphatic rings. The number of halogens is 1. The first-order chi connectivity index (χ1) is 16.0. The van der Waals surface area contributed by atoms with Crippen molar-refractivity contribution in [3.63, 3.8) is 0 Å². The minimum absolute atomic E-state index is 0.0747. The summed E-state index contributed by atoms with van der Waals surface area (Å²) in [6.07, 6.45) is 4.15. The number of amides is 1. The van der Waals surface area contributed by atoms with Gasteiger partial charge in [-0.05, 0) is 73.9 Å². The number of carbonyl (C=O) groups excluding carboxylic acids is 1. The normalized spacial score (nSPS) is 10.8. The summed E-state index contributed by atoms with van der Waals surface area (Å²) in [5.41, 5.74) is 4.26. The second-order valence-corrected chi connectivity index (χ2v) is 7.81. The highest BCUT2D eigenvalue weighted by Gasteiger charge is 2.20. The highest BCUT2D eigenvalue weighted by Crippen LogP contribution is 2.32. The van der Waals surface area contributed by atoms with Gasteiger partial charge in [0.15, 0.2) is 0 Å². The van der Waals surface area contributed by atoms with Gasteiger partial charge in [0.1, 0.15) is 11.6 Å². The number of benzene rings is 2. The molecule has 0 saturated heterocycles. The minimum atomic E-state index is -0.325. The smallest absolute Gasteiger partial charge is 0.226 e. The van der Waals surface area contributed by atoms with Gasteiger partial charge in [-0.25, -0.2) is 9.07 Å². The summed E-state index contributed by atoms with van der Waals surface area (Å²) in [4.78, 5) is 16.5. The van der Waals surface area contributed by atoms with E-state index < -0.39 is 0 Å². The summed E-state index contributed by atoms with van der Waals surface area (Å²) in [6, 6.07) is 17.5. The molecule has 2 aromatic heterocycles. The Bertz CT molecular complexity index is 1240. The fourth-order valence-electron chi connectivity index (χ4n) is 3.51. The first kappa shape index (κ1) is 22.2. The van der Waals surface area contributed by atoms with Crippen LogP contribution in [0.15, 0.2) is 73.1 Å². The molecule has 0 aliphatic carbocycles. The Kier molecular flexibility index (Phi) is 6.78. The van der Waals surface area contributed by atoms with Gasteiger partial charge in [-0.2, -0.15) is 5.10 Å². The van der Waals surface area contributed by atoms with Gasteiger partial charge in [0.05, 0.1) is 11.4 Å². The van der Waals surface area contributed by atoms with Crippen molar-refractivity contribution in [1.29, 1.82) is 0 Å². The van der Waals surface area contributed by atoms with Crippen LogP contribution in [0, 0.1) is 19.7 Å². The van der Waals surface area contributed by atoms with E-state index in [0.717, 1.165) is 22.4 Å². The molecule has 2 heterocycles. The molecule has 4 rings (SSSR count). The number of ether oxygens (including phenoxy) is 1. The number of hydrogen-bond donors (Lipinski definition) is 1. The maximum atomic E-state index is 13.5. The third-order valence-corrected chi connectivity index (χ3v) is 5.23. The number of nitrogens with zero attached hydrogens (tertiary/aromatic N) is 3. The van der Waals surface area contributed by atoms with Crippen molar-refractivity contribution in [1.82, 2.24) is 20.1 Å². The van der Waals surface area contributed by atoms with E-state index in [0.29, 0.717) is 30.3 Å². The van der Waals surface area contributed by atoms with Crippen LogP contribution in [0.3, 0.4) is 0 Å². The van der Waals surface area contributed by atoms with Crippen LogP contribution >= 0.6 is 0 Å². The quantitative estimate of drug-likeness (QED) is 0.412. The van der Waals surface area contributed by atoms with Crippen molar-refractivity contribution in [3.05, 3.63) is 101 Å². The van der Waals surface area contributed by atoms with Crippen molar-refractivity contribution in [2.24, 2.45) is 0 Å². The van der Waals surface area contributed by atoms with E-state index >= 15 is 0 Å². The lowest BCUT2D eigenvalue weighted by atomic mass is 10.1. The highest BCUT2D eigenvalue weighted by atomic mass is 19.1. The van der Waals surface area contributed by atoms with Gasteiger partial charge < -0.3 is 10.1 Å². The predicted octanol–water partition coefficient (Wildman–Crippen LogP) is 5.06. The molecule has 168 valence electrons. The van der Waals surface area contributed by atoms with Gasteiger partial charge in [-0.3, -0.25) is 9.78 Å². The average Bonchev–Trinajstić information content (AvgIpc) is 3.12. The van der Waals surface area contributed by atoms with E-state index in [2.05, 4.69) is 15.4 Å². The summed E-state index contributed by atoms with van der Waals surface area (Å²) in [7, 11) is 0. The molecule has 0 fully saturated rings. The van der Waals surface area contributed by atoms with Crippen LogP contribution in [0.2, 0.25) is 0 Å². The van der Waals surface area contributed by atoms with Crippen LogP contribution in [0.1, 0.15) is 28.8 Å². The van der Waals surface area contributed by atoms with Gasteiger partial charge >= 0.3 is 0 Å². The van der Waals surface area contributed by atoms with Crippen LogP contribution in [-0.2, 0) is 17.8 Å². The summed E-state index contributed by atoms with van der Waals surface area (Å²) in [6.45, 7) is 4.29. The van der Waals surface area contributed by atoms with Crippen LogP contribution < -0.4 is 10.1 Å². The summed E-state index contributed by atoms with van der Waals surface area (Å²) >= 11 is 0. The number of pyridine rings is 1. The SMILES string of the molecule is Cc1cccc(Oc2c(CCC(=O)NCc3cccnc3)c(C)nn2-c2ccc(F)cc2)c1. The maximum absolute atomic E-state index is 13.5. The Hall–Kier alpha value is -4.00. The van der Waals surface area contributed by atoms with Crippen LogP contribution in [0.4, 0.5) is 4.39 Å². The molecule has 1 N–H and O–H groups in total. The molecule has 0 saturated carbocycles. The lowest BCUT2D eigenvalue weighted by molar-refractivity contribution is -0.121. The van der Waals surface area contributed by atoms with Gasteiger partial charge in [-0.1, -0.05) is 18.2 Å². The van der Waals surface area contributed by atoms with Crippen molar-refractivity contribution in [3.8, 4) is 17.3 Å². The van der Waals surface area contributed by atoms with Crippen molar-refractivity contribution in [2.75, 3.05) is 0 Å². The molecule has 6 nitrogen and oxygen atoms in total. The molecular formula is C26H25FN4O2. The van der Waals surface area contributed by atoms with E-state index in [9.17, 15) is 9.18 Å². The largest absolute Gasteiger partial charge is 0.439 e. The van der Waals surface area contributed by atoms with E-state index in [1.165, 1.54) is 12.1 Å². The Morgan fingerprint density at radius 1 is 1.09 bits per heavy atom. The highest BCUT2D eigenvalue weighted by molar-refractivity contribution is 5.76. The minimum Gasteiger partial charge on any atom is -0.439 e. The number of carbonyl (C=O) groups is 1. The molecule has 33 heavy (non-hydrogen) atoms. The zero-order chi connectivity index (χ0) is 23.2. The predicted molar refractivity (Wildman–Crippen MR) is 124 cm³/mol. The van der Waals surface area contributed by atoms with E-state index in [4.69, 9.17) is 4.74 Å². The van der Waals surface area contributed by atoms with Crippen LogP contribution in [0.25, 0.3) is 5.69 Å². The monoisotopic (exact) mass is 444 g/mol. The van der Waals surface area contributed by atoms with Gasteiger partial charge in [0, 0.05) is 30.9 Å². The molecule has 0 spiro atoms. The number of aryl methyl sites for hydroxylation is 2. The van der Waals surface area contributed by atoms with Crippen LogP contribution in [0.5, 0.6) is 11.6 Å². The fraction of sp³-hybridized carbons (Fsp3) is 0.192. The second kappa shape index (κ2) is 10.1. The Morgan fingerprint density at radius 3 is 2.64 bits per heavy atom. The zero-order valence-corrected chi connectivity index (χ0v) is 18.6.